The molecule has 1 aliphatic rings. The molecule has 0 aliphatic carbocycles. The summed E-state index contributed by atoms with van der Waals surface area (Å²) in [5.41, 5.74) is 2.44. The molecule has 2 rings (SSSR count). The smallest absolute Gasteiger partial charge is 0.161 e. The van der Waals surface area contributed by atoms with Crippen molar-refractivity contribution in [3.63, 3.8) is 0 Å². The van der Waals surface area contributed by atoms with Crippen molar-refractivity contribution in [1.82, 2.24) is 0 Å². The molecule has 1 aromatic carbocycles. The monoisotopic (exact) mass is 220 g/mol. The van der Waals surface area contributed by atoms with E-state index in [-0.39, 0.29) is 0 Å². The van der Waals surface area contributed by atoms with Crippen LogP contribution in [-0.4, -0.2) is 19.5 Å². The molecule has 0 fully saturated rings. The van der Waals surface area contributed by atoms with Crippen LogP contribution in [0.5, 0.6) is 11.5 Å². The summed E-state index contributed by atoms with van der Waals surface area (Å²) in [7, 11) is 0. The lowest BCUT2D eigenvalue weighted by molar-refractivity contribution is -0.107. The van der Waals surface area contributed by atoms with Crippen molar-refractivity contribution < 1.29 is 14.3 Å². The van der Waals surface area contributed by atoms with Crippen molar-refractivity contribution >= 4 is 6.29 Å². The average Bonchev–Trinajstić information content (AvgIpc) is 2.35. The number of ether oxygens (including phenoxy) is 2. The maximum Gasteiger partial charge on any atom is 0.161 e. The molecule has 0 atom stereocenters. The predicted molar refractivity (Wildman–Crippen MR) is 61.2 cm³/mol. The summed E-state index contributed by atoms with van der Waals surface area (Å²) >= 11 is 0. The number of hydrogen-bond donors (Lipinski definition) is 0. The molecule has 1 aromatic rings. The Morgan fingerprint density at radius 2 is 1.81 bits per heavy atom. The molecule has 1 heterocycles. The maximum absolute atomic E-state index is 10.4. The van der Waals surface area contributed by atoms with Gasteiger partial charge in [-0.05, 0) is 36.1 Å². The first kappa shape index (κ1) is 11.0. The third-order valence-corrected chi connectivity index (χ3v) is 2.78. The van der Waals surface area contributed by atoms with E-state index in [0.717, 1.165) is 30.6 Å². The molecule has 1 aliphatic heterocycles. The third-order valence-electron chi connectivity index (χ3n) is 2.78. The van der Waals surface area contributed by atoms with E-state index >= 15 is 0 Å². The minimum Gasteiger partial charge on any atom is -0.486 e. The fraction of sp³-hybridized carbons (Fsp3) is 0.462. The van der Waals surface area contributed by atoms with Gasteiger partial charge >= 0.3 is 0 Å². The molecule has 0 saturated carbocycles. The molecule has 0 N–H and O–H groups in total. The van der Waals surface area contributed by atoms with Gasteiger partial charge in [-0.25, -0.2) is 0 Å². The molecular weight excluding hydrogens is 204 g/mol. The number of carbonyl (C=O) groups excluding carboxylic acids is 1. The Morgan fingerprint density at radius 3 is 2.38 bits per heavy atom. The van der Waals surface area contributed by atoms with Gasteiger partial charge in [-0.15, -0.1) is 0 Å². The van der Waals surface area contributed by atoms with Gasteiger partial charge < -0.3 is 14.3 Å². The van der Waals surface area contributed by atoms with Gasteiger partial charge in [0.15, 0.2) is 11.5 Å². The van der Waals surface area contributed by atoms with Gasteiger partial charge in [0.05, 0.1) is 0 Å². The van der Waals surface area contributed by atoms with Crippen LogP contribution in [0.25, 0.3) is 0 Å². The molecule has 16 heavy (non-hydrogen) atoms. The van der Waals surface area contributed by atoms with Crippen molar-refractivity contribution in [2.45, 2.75) is 26.2 Å². The van der Waals surface area contributed by atoms with Crippen LogP contribution in [-0.2, 0) is 17.6 Å². The van der Waals surface area contributed by atoms with Crippen molar-refractivity contribution in [3.8, 4) is 11.5 Å². The zero-order chi connectivity index (χ0) is 11.4. The molecule has 3 nitrogen and oxygen atoms in total. The summed E-state index contributed by atoms with van der Waals surface area (Å²) in [6.45, 7) is 3.32. The quantitative estimate of drug-likeness (QED) is 0.729. The van der Waals surface area contributed by atoms with E-state index in [9.17, 15) is 4.79 Å². The standard InChI is InChI=1S/C13H16O3/c1-2-10-8-12-13(16-7-6-15-12)9-11(10)4-3-5-14/h5,8-9H,2-4,6-7H2,1H3. The van der Waals surface area contributed by atoms with E-state index in [2.05, 4.69) is 6.92 Å². The number of hydrogen-bond acceptors (Lipinski definition) is 3. The van der Waals surface area contributed by atoms with E-state index in [1.807, 2.05) is 12.1 Å². The summed E-state index contributed by atoms with van der Waals surface area (Å²) in [6, 6.07) is 4.05. The van der Waals surface area contributed by atoms with Gasteiger partial charge in [0.2, 0.25) is 0 Å². The van der Waals surface area contributed by atoms with Crippen LogP contribution in [0, 0.1) is 0 Å². The van der Waals surface area contributed by atoms with Crippen LogP contribution >= 0.6 is 0 Å². The average molecular weight is 220 g/mol. The van der Waals surface area contributed by atoms with Crippen LogP contribution in [0.4, 0.5) is 0 Å². The number of benzene rings is 1. The van der Waals surface area contributed by atoms with E-state index in [1.54, 1.807) is 0 Å². The Kier molecular flexibility index (Phi) is 3.44. The Bertz CT molecular complexity index is 385. The number of aryl methyl sites for hydroxylation is 2. The molecule has 0 spiro atoms. The molecule has 0 bridgehead atoms. The van der Waals surface area contributed by atoms with Crippen molar-refractivity contribution in [2.75, 3.05) is 13.2 Å². The normalized spacial score (nSPS) is 13.6. The van der Waals surface area contributed by atoms with Gasteiger partial charge in [-0.3, -0.25) is 0 Å². The first-order valence-electron chi connectivity index (χ1n) is 5.70. The molecule has 0 radical (unpaired) electrons. The first-order valence-corrected chi connectivity index (χ1v) is 5.70. The minimum atomic E-state index is 0.562. The van der Waals surface area contributed by atoms with E-state index in [4.69, 9.17) is 9.47 Å². The molecule has 3 heteroatoms. The maximum atomic E-state index is 10.4. The lowest BCUT2D eigenvalue weighted by atomic mass is 10.00. The Labute approximate surface area is 95.4 Å². The third kappa shape index (κ3) is 2.18. The van der Waals surface area contributed by atoms with Crippen LogP contribution in [0.3, 0.4) is 0 Å². The van der Waals surface area contributed by atoms with Gasteiger partial charge in [-0.1, -0.05) is 6.92 Å². The highest BCUT2D eigenvalue weighted by Crippen LogP contribution is 2.33. The second kappa shape index (κ2) is 5.01. The zero-order valence-corrected chi connectivity index (χ0v) is 9.49. The lowest BCUT2D eigenvalue weighted by Crippen LogP contribution is -2.16. The Morgan fingerprint density at radius 1 is 1.19 bits per heavy atom. The summed E-state index contributed by atoms with van der Waals surface area (Å²) in [5.74, 6) is 1.64. The van der Waals surface area contributed by atoms with E-state index in [1.165, 1.54) is 11.1 Å². The SMILES string of the molecule is CCc1cc2c(cc1CCC=O)OCCO2. The number of fused-ring (bicyclic) bond motifs is 1. The molecular formula is C13H16O3. The number of rotatable bonds is 4. The Hall–Kier alpha value is -1.51. The molecule has 0 amide bonds. The van der Waals surface area contributed by atoms with E-state index in [0.29, 0.717) is 19.6 Å². The van der Waals surface area contributed by atoms with E-state index < -0.39 is 0 Å². The summed E-state index contributed by atoms with van der Waals surface area (Å²) in [6.07, 6.45) is 3.25. The van der Waals surface area contributed by atoms with Crippen molar-refractivity contribution in [3.05, 3.63) is 23.3 Å². The predicted octanol–water partition coefficient (Wildman–Crippen LogP) is 2.15. The molecule has 0 aromatic heterocycles. The van der Waals surface area contributed by atoms with Crippen molar-refractivity contribution in [1.29, 1.82) is 0 Å². The summed E-state index contributed by atoms with van der Waals surface area (Å²) in [5, 5.41) is 0. The highest BCUT2D eigenvalue weighted by atomic mass is 16.6. The van der Waals surface area contributed by atoms with Crippen molar-refractivity contribution in [2.24, 2.45) is 0 Å². The largest absolute Gasteiger partial charge is 0.486 e. The lowest BCUT2D eigenvalue weighted by Gasteiger charge is -2.20. The van der Waals surface area contributed by atoms with Gasteiger partial charge in [-0.2, -0.15) is 0 Å². The van der Waals surface area contributed by atoms with Crippen LogP contribution < -0.4 is 9.47 Å². The first-order chi connectivity index (χ1) is 7.85. The molecule has 0 saturated heterocycles. The topological polar surface area (TPSA) is 35.5 Å². The van der Waals surface area contributed by atoms with Gasteiger partial charge in [0, 0.05) is 6.42 Å². The van der Waals surface area contributed by atoms with Gasteiger partial charge in [0.1, 0.15) is 19.5 Å². The summed E-state index contributed by atoms with van der Waals surface area (Å²) in [4.78, 5) is 10.4. The second-order valence-electron chi connectivity index (χ2n) is 3.82. The van der Waals surface area contributed by atoms with Gasteiger partial charge in [0.25, 0.3) is 0 Å². The highest BCUT2D eigenvalue weighted by molar-refractivity contribution is 5.52. The van der Waals surface area contributed by atoms with Crippen LogP contribution in [0.15, 0.2) is 12.1 Å². The fourth-order valence-corrected chi connectivity index (χ4v) is 1.95. The Balaban J connectivity index is 2.31. The molecule has 86 valence electrons. The second-order valence-corrected chi connectivity index (χ2v) is 3.82. The molecule has 0 unspecified atom stereocenters. The van der Waals surface area contributed by atoms with Crippen LogP contribution in [0.1, 0.15) is 24.5 Å². The minimum absolute atomic E-state index is 0.562. The zero-order valence-electron chi connectivity index (χ0n) is 9.49. The highest BCUT2D eigenvalue weighted by Gasteiger charge is 2.14. The summed E-state index contributed by atoms with van der Waals surface area (Å²) < 4.78 is 11.1. The number of aldehydes is 1. The number of carbonyl (C=O) groups is 1. The fourth-order valence-electron chi connectivity index (χ4n) is 1.95. The van der Waals surface area contributed by atoms with Crippen LogP contribution in [0.2, 0.25) is 0 Å².